The molecule has 0 spiro atoms. The lowest BCUT2D eigenvalue weighted by Crippen LogP contribution is -2.27. The standard InChI is InChI=1S/C17H19N5O3/c1-24-16-13(3-2-8-18-16)19-14-5-4-12-15(21-14)22(17(23)20-12)11-6-9-25-10-7-11/h2-5,8,11H,6-7,9-10H2,1H3,(H,19,21)(H,20,23). The lowest BCUT2D eigenvalue weighted by Gasteiger charge is -2.22. The molecule has 0 bridgehead atoms. The Morgan fingerprint density at radius 2 is 2.16 bits per heavy atom. The highest BCUT2D eigenvalue weighted by Crippen LogP contribution is 2.26. The number of imidazole rings is 1. The van der Waals surface area contributed by atoms with Crippen LogP contribution in [0.25, 0.3) is 11.2 Å². The number of ether oxygens (including phenoxy) is 2. The molecule has 130 valence electrons. The number of aromatic nitrogens is 4. The summed E-state index contributed by atoms with van der Waals surface area (Å²) in [7, 11) is 1.57. The van der Waals surface area contributed by atoms with Crippen LogP contribution in [0.4, 0.5) is 11.5 Å². The first kappa shape index (κ1) is 15.6. The van der Waals surface area contributed by atoms with E-state index in [4.69, 9.17) is 9.47 Å². The molecule has 1 fully saturated rings. The van der Waals surface area contributed by atoms with Gasteiger partial charge >= 0.3 is 5.69 Å². The molecule has 4 heterocycles. The number of anilines is 2. The van der Waals surface area contributed by atoms with Crippen molar-refractivity contribution in [3.8, 4) is 5.88 Å². The first-order valence-corrected chi connectivity index (χ1v) is 8.21. The van der Waals surface area contributed by atoms with Crippen LogP contribution in [0.15, 0.2) is 35.3 Å². The smallest absolute Gasteiger partial charge is 0.327 e. The highest BCUT2D eigenvalue weighted by atomic mass is 16.5. The fourth-order valence-electron chi connectivity index (χ4n) is 3.14. The fourth-order valence-corrected chi connectivity index (χ4v) is 3.14. The van der Waals surface area contributed by atoms with E-state index in [1.165, 1.54) is 0 Å². The molecule has 0 atom stereocenters. The molecule has 8 heteroatoms. The maximum absolute atomic E-state index is 12.4. The van der Waals surface area contributed by atoms with Gasteiger partial charge in [-0.15, -0.1) is 0 Å². The number of hydrogen-bond acceptors (Lipinski definition) is 6. The van der Waals surface area contributed by atoms with E-state index in [-0.39, 0.29) is 11.7 Å². The molecule has 0 saturated carbocycles. The number of H-pyrrole nitrogens is 1. The fraction of sp³-hybridized carbons (Fsp3) is 0.353. The van der Waals surface area contributed by atoms with Crippen LogP contribution in [0.3, 0.4) is 0 Å². The Hall–Kier alpha value is -2.87. The number of nitrogens with one attached hydrogen (secondary N) is 2. The molecule has 25 heavy (non-hydrogen) atoms. The van der Waals surface area contributed by atoms with Crippen LogP contribution < -0.4 is 15.7 Å². The zero-order chi connectivity index (χ0) is 17.2. The van der Waals surface area contributed by atoms with Gasteiger partial charge < -0.3 is 19.8 Å². The summed E-state index contributed by atoms with van der Waals surface area (Å²) < 4.78 is 12.4. The first-order valence-electron chi connectivity index (χ1n) is 8.21. The topological polar surface area (TPSA) is 94.1 Å². The van der Waals surface area contributed by atoms with Crippen LogP contribution in [0.5, 0.6) is 5.88 Å². The molecular formula is C17H19N5O3. The largest absolute Gasteiger partial charge is 0.480 e. The van der Waals surface area contributed by atoms with Crippen LogP contribution in [0.2, 0.25) is 0 Å². The van der Waals surface area contributed by atoms with Gasteiger partial charge in [0.05, 0.1) is 12.6 Å². The van der Waals surface area contributed by atoms with Crippen molar-refractivity contribution in [1.82, 2.24) is 19.5 Å². The Labute approximate surface area is 143 Å². The Bertz CT molecular complexity index is 943. The number of pyridine rings is 2. The molecule has 3 aromatic heterocycles. The summed E-state index contributed by atoms with van der Waals surface area (Å²) in [6, 6.07) is 7.45. The average molecular weight is 341 g/mol. The Balaban J connectivity index is 1.73. The first-order chi connectivity index (χ1) is 12.3. The lowest BCUT2D eigenvalue weighted by atomic mass is 10.1. The van der Waals surface area contributed by atoms with Crippen molar-refractivity contribution >= 4 is 22.7 Å². The highest BCUT2D eigenvalue weighted by molar-refractivity contribution is 5.75. The second-order valence-corrected chi connectivity index (χ2v) is 5.90. The number of fused-ring (bicyclic) bond motifs is 1. The van der Waals surface area contributed by atoms with Gasteiger partial charge in [0, 0.05) is 25.5 Å². The molecule has 0 unspecified atom stereocenters. The molecule has 1 aliphatic heterocycles. The third-order valence-electron chi connectivity index (χ3n) is 4.35. The van der Waals surface area contributed by atoms with Crippen LogP contribution in [-0.2, 0) is 4.74 Å². The summed E-state index contributed by atoms with van der Waals surface area (Å²) in [5, 5.41) is 3.20. The SMILES string of the molecule is COc1ncccc1Nc1ccc2[nH]c(=O)n(C3CCOCC3)c2n1. The quantitative estimate of drug-likeness (QED) is 0.756. The summed E-state index contributed by atoms with van der Waals surface area (Å²) in [5.41, 5.74) is 1.95. The third kappa shape index (κ3) is 2.96. The van der Waals surface area contributed by atoms with E-state index in [1.807, 2.05) is 24.3 Å². The Morgan fingerprint density at radius 3 is 2.96 bits per heavy atom. The van der Waals surface area contributed by atoms with Gasteiger partial charge in [-0.1, -0.05) is 0 Å². The van der Waals surface area contributed by atoms with Crippen LogP contribution in [-0.4, -0.2) is 39.8 Å². The van der Waals surface area contributed by atoms with Crippen molar-refractivity contribution in [1.29, 1.82) is 0 Å². The van der Waals surface area contributed by atoms with Crippen LogP contribution in [0.1, 0.15) is 18.9 Å². The molecule has 2 N–H and O–H groups in total. The monoisotopic (exact) mass is 341 g/mol. The lowest BCUT2D eigenvalue weighted by molar-refractivity contribution is 0.0697. The number of aromatic amines is 1. The molecule has 0 radical (unpaired) electrons. The summed E-state index contributed by atoms with van der Waals surface area (Å²) in [6.45, 7) is 1.32. The maximum Gasteiger partial charge on any atom is 0.327 e. The zero-order valence-corrected chi connectivity index (χ0v) is 13.9. The third-order valence-corrected chi connectivity index (χ3v) is 4.35. The molecule has 8 nitrogen and oxygen atoms in total. The van der Waals surface area contributed by atoms with Crippen LogP contribution >= 0.6 is 0 Å². The van der Waals surface area contributed by atoms with Gasteiger partial charge in [0.1, 0.15) is 11.5 Å². The van der Waals surface area contributed by atoms with Gasteiger partial charge in [-0.25, -0.2) is 14.8 Å². The molecule has 3 aromatic rings. The van der Waals surface area contributed by atoms with Gasteiger partial charge in [-0.05, 0) is 37.1 Å². The number of nitrogens with zero attached hydrogens (tertiary/aromatic N) is 3. The van der Waals surface area contributed by atoms with Crippen LogP contribution in [0, 0.1) is 0 Å². The van der Waals surface area contributed by atoms with Gasteiger partial charge in [0.25, 0.3) is 0 Å². The molecule has 1 saturated heterocycles. The normalized spacial score (nSPS) is 15.4. The molecule has 1 aliphatic rings. The molecule has 0 amide bonds. The minimum Gasteiger partial charge on any atom is -0.480 e. The zero-order valence-electron chi connectivity index (χ0n) is 13.9. The van der Waals surface area contributed by atoms with Crippen molar-refractivity contribution < 1.29 is 9.47 Å². The van der Waals surface area contributed by atoms with E-state index in [2.05, 4.69) is 20.3 Å². The molecular weight excluding hydrogens is 322 g/mol. The highest BCUT2D eigenvalue weighted by Gasteiger charge is 2.21. The summed E-state index contributed by atoms with van der Waals surface area (Å²) >= 11 is 0. The van der Waals surface area contributed by atoms with E-state index in [9.17, 15) is 4.79 Å². The number of methoxy groups -OCH3 is 1. The average Bonchev–Trinajstić information content (AvgIpc) is 2.98. The second kappa shape index (κ2) is 6.56. The van der Waals surface area contributed by atoms with Crippen molar-refractivity contribution in [2.24, 2.45) is 0 Å². The van der Waals surface area contributed by atoms with Gasteiger partial charge in [-0.3, -0.25) is 4.57 Å². The van der Waals surface area contributed by atoms with Crippen molar-refractivity contribution in [2.75, 3.05) is 25.6 Å². The Kier molecular flexibility index (Phi) is 4.10. The second-order valence-electron chi connectivity index (χ2n) is 5.90. The van der Waals surface area contributed by atoms with E-state index in [0.29, 0.717) is 36.2 Å². The van der Waals surface area contributed by atoms with E-state index < -0.39 is 0 Å². The summed E-state index contributed by atoms with van der Waals surface area (Å²) in [6.07, 6.45) is 3.28. The minimum absolute atomic E-state index is 0.102. The minimum atomic E-state index is -0.134. The van der Waals surface area contributed by atoms with Gasteiger partial charge in [0.2, 0.25) is 5.88 Å². The van der Waals surface area contributed by atoms with Crippen molar-refractivity contribution in [2.45, 2.75) is 18.9 Å². The Morgan fingerprint density at radius 1 is 1.32 bits per heavy atom. The molecule has 0 aromatic carbocycles. The van der Waals surface area contributed by atoms with E-state index >= 15 is 0 Å². The molecule has 0 aliphatic carbocycles. The predicted octanol–water partition coefficient (Wildman–Crippen LogP) is 2.22. The molecule has 4 rings (SSSR count). The van der Waals surface area contributed by atoms with E-state index in [1.54, 1.807) is 17.9 Å². The predicted molar refractivity (Wildman–Crippen MR) is 93.5 cm³/mol. The number of rotatable bonds is 4. The summed E-state index contributed by atoms with van der Waals surface area (Å²) in [4.78, 5) is 24.1. The summed E-state index contributed by atoms with van der Waals surface area (Å²) in [5.74, 6) is 1.11. The maximum atomic E-state index is 12.4. The van der Waals surface area contributed by atoms with Gasteiger partial charge in [-0.2, -0.15) is 0 Å². The van der Waals surface area contributed by atoms with Gasteiger partial charge in [0.15, 0.2) is 5.65 Å². The number of hydrogen-bond donors (Lipinski definition) is 2. The van der Waals surface area contributed by atoms with Crippen molar-refractivity contribution in [3.05, 3.63) is 40.9 Å². The van der Waals surface area contributed by atoms with E-state index in [0.717, 1.165) is 18.4 Å². The van der Waals surface area contributed by atoms with Crippen molar-refractivity contribution in [3.63, 3.8) is 0 Å².